The van der Waals surface area contributed by atoms with Crippen molar-refractivity contribution in [3.63, 3.8) is 0 Å². The van der Waals surface area contributed by atoms with E-state index in [-0.39, 0.29) is 5.54 Å². The minimum absolute atomic E-state index is 0.244. The summed E-state index contributed by atoms with van der Waals surface area (Å²) in [5.74, 6) is 0. The first-order valence-corrected chi connectivity index (χ1v) is 5.71. The number of hydrogen-bond acceptors (Lipinski definition) is 1. The average Bonchev–Trinajstić information content (AvgIpc) is 1.80. The van der Waals surface area contributed by atoms with Crippen molar-refractivity contribution in [2.24, 2.45) is 10.8 Å². The molecule has 0 fully saturated rings. The quantitative estimate of drug-likeness (QED) is 0.728. The Morgan fingerprint density at radius 2 is 1.21 bits per heavy atom. The highest BCUT2D eigenvalue weighted by Gasteiger charge is 2.32. The molecule has 1 heteroatoms. The summed E-state index contributed by atoms with van der Waals surface area (Å²) in [7, 11) is 0. The third kappa shape index (κ3) is 4.99. The molecule has 0 aliphatic rings. The third-order valence-electron chi connectivity index (χ3n) is 3.44. The van der Waals surface area contributed by atoms with Gasteiger partial charge in [-0.1, -0.05) is 34.6 Å². The zero-order chi connectivity index (χ0) is 11.6. The second-order valence-electron chi connectivity index (χ2n) is 7.06. The maximum atomic E-state index is 3.55. The van der Waals surface area contributed by atoms with Gasteiger partial charge < -0.3 is 5.32 Å². The van der Waals surface area contributed by atoms with Crippen LogP contribution >= 0.6 is 0 Å². The van der Waals surface area contributed by atoms with E-state index in [0.717, 1.165) is 6.54 Å². The molecule has 0 saturated heterocycles. The van der Waals surface area contributed by atoms with Gasteiger partial charge in [-0.05, 0) is 44.6 Å². The van der Waals surface area contributed by atoms with E-state index in [2.05, 4.69) is 60.7 Å². The van der Waals surface area contributed by atoms with Gasteiger partial charge in [0.1, 0.15) is 0 Å². The predicted molar refractivity (Wildman–Crippen MR) is 65.6 cm³/mol. The summed E-state index contributed by atoms with van der Waals surface area (Å²) >= 11 is 0. The first-order chi connectivity index (χ1) is 5.96. The molecule has 0 aromatic rings. The summed E-state index contributed by atoms with van der Waals surface area (Å²) in [5, 5.41) is 3.55. The molecule has 1 nitrogen and oxygen atoms in total. The van der Waals surface area contributed by atoms with Crippen molar-refractivity contribution in [1.29, 1.82) is 0 Å². The summed E-state index contributed by atoms with van der Waals surface area (Å²) in [5.41, 5.74) is 1.02. The smallest absolute Gasteiger partial charge is 0.00965 e. The summed E-state index contributed by atoms with van der Waals surface area (Å²) in [4.78, 5) is 0. The predicted octanol–water partition coefficient (Wildman–Crippen LogP) is 3.84. The second kappa shape index (κ2) is 4.22. The van der Waals surface area contributed by atoms with Crippen LogP contribution in [0.3, 0.4) is 0 Å². The molecule has 0 aliphatic heterocycles. The molecule has 0 unspecified atom stereocenters. The van der Waals surface area contributed by atoms with E-state index in [0.29, 0.717) is 10.8 Å². The fraction of sp³-hybridized carbons (Fsp3) is 1.00. The molecule has 0 spiro atoms. The van der Waals surface area contributed by atoms with Crippen LogP contribution in [-0.4, -0.2) is 12.1 Å². The highest BCUT2D eigenvalue weighted by molar-refractivity contribution is 4.83. The van der Waals surface area contributed by atoms with Gasteiger partial charge in [0, 0.05) is 5.54 Å². The average molecular weight is 199 g/mol. The molecule has 0 amide bonds. The summed E-state index contributed by atoms with van der Waals surface area (Å²) in [6.07, 6.45) is 1.23. The lowest BCUT2D eigenvalue weighted by molar-refractivity contribution is 0.116. The Morgan fingerprint density at radius 1 is 0.786 bits per heavy atom. The molecule has 86 valence electrons. The molecule has 0 atom stereocenters. The van der Waals surface area contributed by atoms with Crippen LogP contribution in [0.5, 0.6) is 0 Å². The molecule has 0 bridgehead atoms. The molecular weight excluding hydrogens is 170 g/mol. The van der Waals surface area contributed by atoms with Crippen LogP contribution in [0, 0.1) is 10.8 Å². The highest BCUT2D eigenvalue weighted by atomic mass is 14.9. The molecule has 14 heavy (non-hydrogen) atoms. The van der Waals surface area contributed by atoms with E-state index in [1.165, 1.54) is 6.42 Å². The van der Waals surface area contributed by atoms with Crippen LogP contribution < -0.4 is 5.32 Å². The van der Waals surface area contributed by atoms with E-state index >= 15 is 0 Å². The van der Waals surface area contributed by atoms with Crippen LogP contribution in [0.15, 0.2) is 0 Å². The van der Waals surface area contributed by atoms with Crippen molar-refractivity contribution >= 4 is 0 Å². The highest BCUT2D eigenvalue weighted by Crippen LogP contribution is 2.40. The summed E-state index contributed by atoms with van der Waals surface area (Å²) in [6.45, 7) is 19.5. The molecule has 0 aromatic heterocycles. The van der Waals surface area contributed by atoms with Crippen molar-refractivity contribution in [3.8, 4) is 0 Å². The Kier molecular flexibility index (Phi) is 4.21. The van der Waals surface area contributed by atoms with Crippen molar-refractivity contribution in [1.82, 2.24) is 5.32 Å². The Balaban J connectivity index is 4.02. The van der Waals surface area contributed by atoms with Gasteiger partial charge in [-0.25, -0.2) is 0 Å². The summed E-state index contributed by atoms with van der Waals surface area (Å²) < 4.78 is 0. The second-order valence-corrected chi connectivity index (χ2v) is 7.06. The Hall–Kier alpha value is -0.0400. The lowest BCUT2D eigenvalue weighted by Crippen LogP contribution is -2.40. The largest absolute Gasteiger partial charge is 0.312 e. The lowest BCUT2D eigenvalue weighted by atomic mass is 9.67. The minimum Gasteiger partial charge on any atom is -0.312 e. The molecule has 1 N–H and O–H groups in total. The first-order valence-electron chi connectivity index (χ1n) is 5.71. The van der Waals surface area contributed by atoms with Gasteiger partial charge in [0.2, 0.25) is 0 Å². The van der Waals surface area contributed by atoms with E-state index in [4.69, 9.17) is 0 Å². The molecule has 0 aromatic carbocycles. The van der Waals surface area contributed by atoms with Crippen molar-refractivity contribution < 1.29 is 0 Å². The van der Waals surface area contributed by atoms with E-state index in [1.54, 1.807) is 0 Å². The first kappa shape index (κ1) is 14.0. The molecule has 0 rings (SSSR count). The van der Waals surface area contributed by atoms with Crippen molar-refractivity contribution in [2.45, 2.75) is 67.3 Å². The zero-order valence-corrected chi connectivity index (χ0v) is 11.4. The molecule has 0 aliphatic carbocycles. The summed E-state index contributed by atoms with van der Waals surface area (Å²) in [6, 6.07) is 0. The molecular formula is C13H29N. The van der Waals surface area contributed by atoms with E-state index in [1.807, 2.05) is 0 Å². The zero-order valence-electron chi connectivity index (χ0n) is 11.4. The third-order valence-corrected chi connectivity index (χ3v) is 3.44. The topological polar surface area (TPSA) is 12.0 Å². The maximum Gasteiger partial charge on any atom is 0.00965 e. The van der Waals surface area contributed by atoms with Crippen LogP contribution in [0.1, 0.15) is 61.8 Å². The van der Waals surface area contributed by atoms with Gasteiger partial charge in [-0.2, -0.15) is 0 Å². The van der Waals surface area contributed by atoms with Gasteiger partial charge in [0.15, 0.2) is 0 Å². The van der Waals surface area contributed by atoms with E-state index < -0.39 is 0 Å². The molecule has 0 radical (unpaired) electrons. The Morgan fingerprint density at radius 3 is 1.50 bits per heavy atom. The Bertz CT molecular complexity index is 167. The number of nitrogens with one attached hydrogen (secondary N) is 1. The van der Waals surface area contributed by atoms with Crippen LogP contribution in [0.4, 0.5) is 0 Å². The normalized spacial score (nSPS) is 14.6. The van der Waals surface area contributed by atoms with Crippen LogP contribution in [0.25, 0.3) is 0 Å². The molecule has 0 saturated carbocycles. The van der Waals surface area contributed by atoms with Crippen molar-refractivity contribution in [3.05, 3.63) is 0 Å². The minimum atomic E-state index is 0.244. The fourth-order valence-electron chi connectivity index (χ4n) is 1.12. The van der Waals surface area contributed by atoms with Crippen LogP contribution in [0.2, 0.25) is 0 Å². The Labute approximate surface area is 90.7 Å². The number of hydrogen-bond donors (Lipinski definition) is 1. The SMILES string of the molecule is CC(C)(C)NCCC(C)(C)C(C)(C)C. The van der Waals surface area contributed by atoms with Gasteiger partial charge in [-0.15, -0.1) is 0 Å². The van der Waals surface area contributed by atoms with Gasteiger partial charge in [0.25, 0.3) is 0 Å². The van der Waals surface area contributed by atoms with Gasteiger partial charge >= 0.3 is 0 Å². The molecule has 0 heterocycles. The van der Waals surface area contributed by atoms with Gasteiger partial charge in [-0.3, -0.25) is 0 Å². The number of rotatable bonds is 3. The van der Waals surface area contributed by atoms with Crippen molar-refractivity contribution in [2.75, 3.05) is 6.54 Å². The monoisotopic (exact) mass is 199 g/mol. The maximum absolute atomic E-state index is 3.55. The van der Waals surface area contributed by atoms with Gasteiger partial charge in [0.05, 0.1) is 0 Å². The standard InChI is InChI=1S/C13H29N/c1-11(2,3)13(7,8)9-10-14-12(4,5)6/h14H,9-10H2,1-8H3. The fourth-order valence-corrected chi connectivity index (χ4v) is 1.12. The van der Waals surface area contributed by atoms with Crippen LogP contribution in [-0.2, 0) is 0 Å². The lowest BCUT2D eigenvalue weighted by Gasteiger charge is -2.39. The van der Waals surface area contributed by atoms with E-state index in [9.17, 15) is 0 Å².